The van der Waals surface area contributed by atoms with E-state index in [0.29, 0.717) is 0 Å². The number of nitrogens with zero attached hydrogens (tertiary/aromatic N) is 3. The van der Waals surface area contributed by atoms with E-state index < -0.39 is 0 Å². The van der Waals surface area contributed by atoms with Crippen LogP contribution in [-0.4, -0.2) is 41.2 Å². The molecule has 4 rings (SSSR count). The van der Waals surface area contributed by atoms with Gasteiger partial charge in [-0.15, -0.1) is 0 Å². The molecule has 30 heavy (non-hydrogen) atoms. The normalized spacial score (nSPS) is 13.6. The van der Waals surface area contributed by atoms with Gasteiger partial charge in [0.1, 0.15) is 11.6 Å². The minimum absolute atomic E-state index is 0.231. The van der Waals surface area contributed by atoms with Crippen LogP contribution in [-0.2, 0) is 26.6 Å². The zero-order valence-corrected chi connectivity index (χ0v) is 17.6. The summed E-state index contributed by atoms with van der Waals surface area (Å²) in [5.41, 5.74) is 5.39. The Labute approximate surface area is 176 Å². The maximum Gasteiger partial charge on any atom is 0.318 e. The summed E-state index contributed by atoms with van der Waals surface area (Å²) in [5.74, 6) is 1.88. The molecule has 1 aliphatic heterocycles. The Morgan fingerprint density at radius 2 is 1.93 bits per heavy atom. The van der Waals surface area contributed by atoms with Gasteiger partial charge in [-0.1, -0.05) is 18.2 Å². The molecule has 2 heterocycles. The number of methoxy groups -OCH3 is 1. The van der Waals surface area contributed by atoms with Crippen molar-refractivity contribution in [2.24, 2.45) is 7.05 Å². The van der Waals surface area contributed by atoms with E-state index in [1.165, 1.54) is 11.3 Å². The second kappa shape index (κ2) is 8.59. The Morgan fingerprint density at radius 3 is 2.67 bits per heavy atom. The number of para-hydroxylation sites is 1. The number of ether oxygens (including phenoxy) is 1. The highest BCUT2D eigenvalue weighted by atomic mass is 16.5. The van der Waals surface area contributed by atoms with Crippen LogP contribution in [0.1, 0.15) is 17.0 Å². The van der Waals surface area contributed by atoms with Crippen LogP contribution in [0.2, 0.25) is 0 Å². The first-order valence-electron chi connectivity index (χ1n) is 10.1. The van der Waals surface area contributed by atoms with Crippen molar-refractivity contribution in [3.8, 4) is 17.1 Å². The predicted octanol–water partition coefficient (Wildman–Crippen LogP) is 3.41. The number of rotatable bonds is 5. The van der Waals surface area contributed by atoms with Crippen molar-refractivity contribution in [2.75, 3.05) is 26.0 Å². The van der Waals surface area contributed by atoms with Gasteiger partial charge in [0.15, 0.2) is 0 Å². The average molecular weight is 406 g/mol. The number of carbonyl (C=O) groups is 1. The zero-order valence-electron chi connectivity index (χ0n) is 17.6. The lowest BCUT2D eigenvalue weighted by Crippen LogP contribution is -2.31. The fourth-order valence-electron chi connectivity index (χ4n) is 3.91. The maximum atomic E-state index is 11.5. The van der Waals surface area contributed by atoms with Gasteiger partial charge >= 0.3 is 6.03 Å². The van der Waals surface area contributed by atoms with E-state index in [4.69, 9.17) is 9.72 Å². The number of hydrogen-bond acceptors (Lipinski definition) is 4. The SMILES string of the molecule is CNC(=O)Nc1ccc(-c2nc3c(n2C)CN(Cc2ccccc2OC)CC3)cc1. The number of urea groups is 1. The smallest absolute Gasteiger partial charge is 0.318 e. The molecule has 7 nitrogen and oxygen atoms in total. The molecule has 0 saturated carbocycles. The summed E-state index contributed by atoms with van der Waals surface area (Å²) >= 11 is 0. The van der Waals surface area contributed by atoms with Gasteiger partial charge in [0, 0.05) is 57.0 Å². The van der Waals surface area contributed by atoms with E-state index in [-0.39, 0.29) is 6.03 Å². The Bertz CT molecular complexity index is 1040. The van der Waals surface area contributed by atoms with Crippen LogP contribution in [0.25, 0.3) is 11.4 Å². The highest BCUT2D eigenvalue weighted by Crippen LogP contribution is 2.28. The summed E-state index contributed by atoms with van der Waals surface area (Å²) < 4.78 is 7.69. The largest absolute Gasteiger partial charge is 0.496 e. The molecule has 0 fully saturated rings. The second-order valence-corrected chi connectivity index (χ2v) is 7.44. The fourth-order valence-corrected chi connectivity index (χ4v) is 3.91. The Balaban J connectivity index is 1.52. The first-order chi connectivity index (χ1) is 14.6. The molecule has 0 spiro atoms. The van der Waals surface area contributed by atoms with Gasteiger partial charge in [0.25, 0.3) is 0 Å². The fraction of sp³-hybridized carbons (Fsp3) is 0.304. The van der Waals surface area contributed by atoms with E-state index in [0.717, 1.165) is 54.6 Å². The molecule has 0 saturated heterocycles. The maximum absolute atomic E-state index is 11.5. The van der Waals surface area contributed by atoms with E-state index in [9.17, 15) is 4.79 Å². The summed E-state index contributed by atoms with van der Waals surface area (Å²) in [7, 11) is 5.39. The van der Waals surface area contributed by atoms with Gasteiger partial charge in [-0.05, 0) is 30.3 Å². The van der Waals surface area contributed by atoms with Crippen LogP contribution in [0.5, 0.6) is 5.75 Å². The van der Waals surface area contributed by atoms with Crippen molar-refractivity contribution in [1.29, 1.82) is 0 Å². The van der Waals surface area contributed by atoms with Gasteiger partial charge in [0.2, 0.25) is 0 Å². The number of fused-ring (bicyclic) bond motifs is 1. The van der Waals surface area contributed by atoms with Crippen molar-refractivity contribution in [3.05, 3.63) is 65.5 Å². The highest BCUT2D eigenvalue weighted by molar-refractivity contribution is 5.89. The summed E-state index contributed by atoms with van der Waals surface area (Å²) in [5, 5.41) is 5.33. The molecule has 0 aliphatic carbocycles. The summed E-state index contributed by atoms with van der Waals surface area (Å²) in [4.78, 5) is 18.8. The summed E-state index contributed by atoms with van der Waals surface area (Å²) in [6.45, 7) is 2.67. The minimum atomic E-state index is -0.231. The topological polar surface area (TPSA) is 71.4 Å². The van der Waals surface area contributed by atoms with Crippen LogP contribution in [0.15, 0.2) is 48.5 Å². The van der Waals surface area contributed by atoms with Crippen molar-refractivity contribution in [1.82, 2.24) is 19.8 Å². The molecule has 0 unspecified atom stereocenters. The van der Waals surface area contributed by atoms with Gasteiger partial charge < -0.3 is 19.9 Å². The number of nitrogens with one attached hydrogen (secondary N) is 2. The molecule has 1 aliphatic rings. The molecule has 2 N–H and O–H groups in total. The van der Waals surface area contributed by atoms with E-state index in [1.807, 2.05) is 36.4 Å². The summed E-state index contributed by atoms with van der Waals surface area (Å²) in [6.07, 6.45) is 0.925. The lowest BCUT2D eigenvalue weighted by atomic mass is 10.1. The molecule has 156 valence electrons. The van der Waals surface area contributed by atoms with Crippen LogP contribution in [0.3, 0.4) is 0 Å². The summed E-state index contributed by atoms with van der Waals surface area (Å²) in [6, 6.07) is 15.7. The molecule has 0 atom stereocenters. The average Bonchev–Trinajstić information content (AvgIpc) is 3.10. The van der Waals surface area contributed by atoms with E-state index >= 15 is 0 Å². The van der Waals surface area contributed by atoms with Crippen LogP contribution in [0.4, 0.5) is 10.5 Å². The number of imidazole rings is 1. The number of aromatic nitrogens is 2. The standard InChI is InChI=1S/C23H27N5O2/c1-24-23(29)25-18-10-8-16(9-11-18)22-26-19-12-13-28(15-20(19)27(22)2)14-17-6-4-5-7-21(17)30-3/h4-11H,12-15H2,1-3H3,(H2,24,25,29). The number of amides is 2. The number of carbonyl (C=O) groups excluding carboxylic acids is 1. The van der Waals surface area contributed by atoms with Gasteiger partial charge in [-0.3, -0.25) is 4.90 Å². The molecule has 3 aromatic rings. The molecule has 0 radical (unpaired) electrons. The molecule has 2 amide bonds. The quantitative estimate of drug-likeness (QED) is 0.683. The van der Waals surface area contributed by atoms with Crippen LogP contribution >= 0.6 is 0 Å². The molecular formula is C23H27N5O2. The van der Waals surface area contributed by atoms with E-state index in [1.54, 1.807) is 14.2 Å². The highest BCUT2D eigenvalue weighted by Gasteiger charge is 2.24. The van der Waals surface area contributed by atoms with Gasteiger partial charge in [-0.25, -0.2) is 9.78 Å². The monoisotopic (exact) mass is 405 g/mol. The lowest BCUT2D eigenvalue weighted by Gasteiger charge is -2.27. The number of benzene rings is 2. The minimum Gasteiger partial charge on any atom is -0.496 e. The molecule has 0 bridgehead atoms. The third kappa shape index (κ3) is 4.02. The second-order valence-electron chi connectivity index (χ2n) is 7.44. The van der Waals surface area contributed by atoms with Gasteiger partial charge in [0.05, 0.1) is 18.5 Å². The van der Waals surface area contributed by atoms with Crippen molar-refractivity contribution >= 4 is 11.7 Å². The van der Waals surface area contributed by atoms with Crippen LogP contribution in [0, 0.1) is 0 Å². The zero-order chi connectivity index (χ0) is 21.1. The number of hydrogen-bond donors (Lipinski definition) is 2. The van der Waals surface area contributed by atoms with Crippen molar-refractivity contribution < 1.29 is 9.53 Å². The van der Waals surface area contributed by atoms with Crippen LogP contribution < -0.4 is 15.4 Å². The van der Waals surface area contributed by atoms with E-state index in [2.05, 4.69) is 39.3 Å². The third-order valence-corrected chi connectivity index (χ3v) is 5.55. The Morgan fingerprint density at radius 1 is 1.17 bits per heavy atom. The molecule has 1 aromatic heterocycles. The number of anilines is 1. The molecule has 7 heteroatoms. The Hall–Kier alpha value is -3.32. The molecular weight excluding hydrogens is 378 g/mol. The third-order valence-electron chi connectivity index (χ3n) is 5.55. The van der Waals surface area contributed by atoms with Crippen molar-refractivity contribution in [3.63, 3.8) is 0 Å². The first-order valence-corrected chi connectivity index (χ1v) is 10.1. The van der Waals surface area contributed by atoms with Gasteiger partial charge in [-0.2, -0.15) is 0 Å². The Kier molecular flexibility index (Phi) is 5.72. The van der Waals surface area contributed by atoms with Crippen molar-refractivity contribution in [2.45, 2.75) is 19.5 Å². The predicted molar refractivity (Wildman–Crippen MR) is 118 cm³/mol. The first kappa shape index (κ1) is 20.0. The molecule has 2 aromatic carbocycles. The lowest BCUT2D eigenvalue weighted by molar-refractivity contribution is 0.235.